The highest BCUT2D eigenvalue weighted by Gasteiger charge is 2.25. The number of amides is 3. The second-order valence-corrected chi connectivity index (χ2v) is 7.87. The molecule has 0 spiro atoms. The molecule has 0 aliphatic rings. The van der Waals surface area contributed by atoms with Gasteiger partial charge in [-0.1, -0.05) is 49.4 Å². The van der Waals surface area contributed by atoms with Gasteiger partial charge in [-0.15, -0.1) is 0 Å². The molecule has 0 aliphatic carbocycles. The fourth-order valence-electron chi connectivity index (χ4n) is 3.39. The molecule has 9 heteroatoms. The van der Waals surface area contributed by atoms with E-state index in [1.54, 1.807) is 73.7 Å². The number of nitrogens with two attached hydrogens (primary N) is 1. The first-order valence-electron chi connectivity index (χ1n) is 11.1. The first-order chi connectivity index (χ1) is 17.3. The summed E-state index contributed by atoms with van der Waals surface area (Å²) in [5.41, 5.74) is 7.46. The maximum absolute atomic E-state index is 12.6. The number of hydrogen-bond donors (Lipinski definition) is 4. The first-order valence-corrected chi connectivity index (χ1v) is 11.1. The molecule has 0 aliphatic heterocycles. The van der Waals surface area contributed by atoms with E-state index in [2.05, 4.69) is 10.6 Å². The van der Waals surface area contributed by atoms with Crippen LogP contribution in [0.5, 0.6) is 11.5 Å². The Balaban J connectivity index is 1.77. The zero-order valence-corrected chi connectivity index (χ0v) is 19.8. The van der Waals surface area contributed by atoms with Crippen molar-refractivity contribution in [2.45, 2.75) is 13.0 Å². The van der Waals surface area contributed by atoms with Crippen molar-refractivity contribution in [2.75, 3.05) is 18.2 Å². The molecule has 0 saturated heterocycles. The number of ether oxygens (including phenoxy) is 2. The van der Waals surface area contributed by atoms with E-state index in [0.29, 0.717) is 16.9 Å². The van der Waals surface area contributed by atoms with Crippen LogP contribution in [0.4, 0.5) is 16.2 Å². The van der Waals surface area contributed by atoms with Crippen molar-refractivity contribution in [3.8, 4) is 11.5 Å². The number of hydrogen-bond acceptors (Lipinski definition) is 7. The number of para-hydroxylation sites is 2. The molecule has 0 aromatic heterocycles. The summed E-state index contributed by atoms with van der Waals surface area (Å²) in [6, 6.07) is 19.6. The van der Waals surface area contributed by atoms with Crippen LogP contribution in [0.2, 0.25) is 0 Å². The van der Waals surface area contributed by atoms with E-state index in [-0.39, 0.29) is 17.1 Å². The van der Waals surface area contributed by atoms with E-state index < -0.39 is 29.9 Å². The molecule has 2 atom stereocenters. The van der Waals surface area contributed by atoms with Gasteiger partial charge in [0, 0.05) is 11.5 Å². The van der Waals surface area contributed by atoms with Gasteiger partial charge >= 0.3 is 6.09 Å². The Hall–Kier alpha value is -4.79. The molecule has 0 fully saturated rings. The summed E-state index contributed by atoms with van der Waals surface area (Å²) >= 11 is 0. The van der Waals surface area contributed by atoms with Crippen LogP contribution in [0.1, 0.15) is 28.9 Å². The van der Waals surface area contributed by atoms with Gasteiger partial charge in [-0.3, -0.25) is 14.9 Å². The topological polar surface area (TPSA) is 140 Å². The minimum absolute atomic E-state index is 0.155. The van der Waals surface area contributed by atoms with E-state index in [9.17, 15) is 19.5 Å². The quantitative estimate of drug-likeness (QED) is 0.271. The Morgan fingerprint density at radius 2 is 1.69 bits per heavy atom. The molecule has 3 aromatic carbocycles. The number of alkyl carbamates (subject to hydrolysis) is 1. The average Bonchev–Trinajstić information content (AvgIpc) is 2.87. The molecular weight excluding hydrogens is 462 g/mol. The van der Waals surface area contributed by atoms with E-state index in [4.69, 9.17) is 15.2 Å². The van der Waals surface area contributed by atoms with Crippen LogP contribution in [0.15, 0.2) is 84.9 Å². The lowest BCUT2D eigenvalue weighted by molar-refractivity contribution is -0.111. The molecule has 3 aromatic rings. The third-order valence-corrected chi connectivity index (χ3v) is 5.26. The summed E-state index contributed by atoms with van der Waals surface area (Å²) in [5.74, 6) is -1.50. The SMILES string of the molecule is COc1ccc([C@H](OC(=O)NC(=O)c2ccccc2)[C@H](C)/C=C/C(=O)Nc2ccccc2N)cc1O. The maximum atomic E-state index is 12.6. The van der Waals surface area contributed by atoms with Gasteiger partial charge in [-0.2, -0.15) is 0 Å². The Bertz CT molecular complexity index is 1260. The Morgan fingerprint density at radius 3 is 2.36 bits per heavy atom. The van der Waals surface area contributed by atoms with Gasteiger partial charge in [0.15, 0.2) is 11.5 Å². The van der Waals surface area contributed by atoms with Gasteiger partial charge in [0.1, 0.15) is 6.10 Å². The van der Waals surface area contributed by atoms with Gasteiger partial charge < -0.3 is 25.6 Å². The normalized spacial score (nSPS) is 12.4. The molecule has 186 valence electrons. The van der Waals surface area contributed by atoms with Crippen LogP contribution in [0.3, 0.4) is 0 Å². The molecule has 0 unspecified atom stereocenters. The standard InChI is InChI=1S/C27H27N3O6/c1-17(12-15-24(32)29-21-11-7-6-10-20(21)28)25(19-13-14-23(35-2)22(31)16-19)36-27(34)30-26(33)18-8-4-3-5-9-18/h3-17,25,31H,28H2,1-2H3,(H,29,32)(H,30,33,34)/b15-12+/t17-,25-/m1/s1. The molecule has 0 radical (unpaired) electrons. The van der Waals surface area contributed by atoms with Gasteiger partial charge in [0.05, 0.1) is 18.5 Å². The van der Waals surface area contributed by atoms with E-state index in [1.165, 1.54) is 25.3 Å². The summed E-state index contributed by atoms with van der Waals surface area (Å²) in [7, 11) is 1.41. The number of phenols is 1. The molecule has 0 heterocycles. The third-order valence-electron chi connectivity index (χ3n) is 5.26. The van der Waals surface area contributed by atoms with Crippen LogP contribution in [-0.4, -0.2) is 30.1 Å². The zero-order chi connectivity index (χ0) is 26.1. The molecule has 5 N–H and O–H groups in total. The highest BCUT2D eigenvalue weighted by molar-refractivity contribution is 6.03. The van der Waals surface area contributed by atoms with Crippen molar-refractivity contribution in [3.63, 3.8) is 0 Å². The van der Waals surface area contributed by atoms with Crippen molar-refractivity contribution in [1.29, 1.82) is 0 Å². The molecule has 3 amide bonds. The summed E-state index contributed by atoms with van der Waals surface area (Å²) in [6.45, 7) is 1.72. The minimum Gasteiger partial charge on any atom is -0.504 e. The van der Waals surface area contributed by atoms with Crippen molar-refractivity contribution in [2.24, 2.45) is 5.92 Å². The summed E-state index contributed by atoms with van der Waals surface area (Å²) in [6.07, 6.45) is 0.915. The molecule has 0 saturated carbocycles. The molecular formula is C27H27N3O6. The molecule has 36 heavy (non-hydrogen) atoms. The second-order valence-electron chi connectivity index (χ2n) is 7.87. The number of anilines is 2. The maximum Gasteiger partial charge on any atom is 0.414 e. The summed E-state index contributed by atoms with van der Waals surface area (Å²) < 4.78 is 10.6. The van der Waals surface area contributed by atoms with Gasteiger partial charge in [-0.05, 0) is 48.0 Å². The lowest BCUT2D eigenvalue weighted by Gasteiger charge is -2.23. The Morgan fingerprint density at radius 1 is 1.00 bits per heavy atom. The lowest BCUT2D eigenvalue weighted by Crippen LogP contribution is -2.33. The highest BCUT2D eigenvalue weighted by atomic mass is 16.6. The molecule has 3 rings (SSSR count). The Kier molecular flexibility index (Phi) is 8.66. The smallest absolute Gasteiger partial charge is 0.414 e. The molecule has 0 bridgehead atoms. The molecule has 9 nitrogen and oxygen atoms in total. The first kappa shape index (κ1) is 25.8. The van der Waals surface area contributed by atoms with Crippen LogP contribution in [0, 0.1) is 5.92 Å². The number of carbonyl (C=O) groups excluding carboxylic acids is 3. The second kappa shape index (κ2) is 12.1. The number of nitrogens with one attached hydrogen (secondary N) is 2. The fraction of sp³-hybridized carbons (Fsp3) is 0.148. The highest BCUT2D eigenvalue weighted by Crippen LogP contribution is 2.34. The summed E-state index contributed by atoms with van der Waals surface area (Å²) in [4.78, 5) is 37.3. The fourth-order valence-corrected chi connectivity index (χ4v) is 3.39. The number of methoxy groups -OCH3 is 1. The van der Waals surface area contributed by atoms with Crippen LogP contribution >= 0.6 is 0 Å². The number of carbonyl (C=O) groups is 3. The number of rotatable bonds is 8. The number of benzene rings is 3. The lowest BCUT2D eigenvalue weighted by atomic mass is 9.96. The average molecular weight is 490 g/mol. The van der Waals surface area contributed by atoms with E-state index in [0.717, 1.165) is 0 Å². The number of imide groups is 1. The number of aromatic hydroxyl groups is 1. The minimum atomic E-state index is -0.981. The zero-order valence-electron chi connectivity index (χ0n) is 19.8. The van der Waals surface area contributed by atoms with Crippen LogP contribution < -0.4 is 21.1 Å². The third kappa shape index (κ3) is 6.86. The van der Waals surface area contributed by atoms with Gasteiger partial charge in [0.25, 0.3) is 5.91 Å². The number of phenolic OH excluding ortho intramolecular Hbond substituents is 1. The van der Waals surface area contributed by atoms with Crippen molar-refractivity contribution in [3.05, 3.63) is 96.1 Å². The number of nitrogen functional groups attached to an aromatic ring is 1. The van der Waals surface area contributed by atoms with Crippen molar-refractivity contribution in [1.82, 2.24) is 5.32 Å². The van der Waals surface area contributed by atoms with Gasteiger partial charge in [0.2, 0.25) is 5.91 Å². The van der Waals surface area contributed by atoms with Gasteiger partial charge in [-0.25, -0.2) is 4.79 Å². The largest absolute Gasteiger partial charge is 0.504 e. The van der Waals surface area contributed by atoms with E-state index in [1.807, 2.05) is 0 Å². The predicted molar refractivity (Wildman–Crippen MR) is 136 cm³/mol. The van der Waals surface area contributed by atoms with E-state index >= 15 is 0 Å². The Labute approximate surface area is 208 Å². The van der Waals surface area contributed by atoms with Crippen molar-refractivity contribution < 1.29 is 29.0 Å². The van der Waals surface area contributed by atoms with Crippen molar-refractivity contribution >= 4 is 29.3 Å². The predicted octanol–water partition coefficient (Wildman–Crippen LogP) is 4.42. The monoisotopic (exact) mass is 489 g/mol. The summed E-state index contributed by atoms with van der Waals surface area (Å²) in [5, 5.41) is 15.1. The van der Waals surface area contributed by atoms with Crippen LogP contribution in [-0.2, 0) is 9.53 Å². The van der Waals surface area contributed by atoms with Crippen LogP contribution in [0.25, 0.3) is 0 Å².